The van der Waals surface area contributed by atoms with Gasteiger partial charge in [0.05, 0.1) is 24.3 Å². The summed E-state index contributed by atoms with van der Waals surface area (Å²) in [6.45, 7) is 2.43. The van der Waals surface area contributed by atoms with Crippen LogP contribution < -0.4 is 10.6 Å². The van der Waals surface area contributed by atoms with Gasteiger partial charge in [0.25, 0.3) is 0 Å². The minimum atomic E-state index is -0.253. The molecule has 1 saturated heterocycles. The summed E-state index contributed by atoms with van der Waals surface area (Å²) >= 11 is 3.35. The van der Waals surface area contributed by atoms with E-state index in [1.807, 2.05) is 25.1 Å². The first kappa shape index (κ1) is 15.0. The van der Waals surface area contributed by atoms with Crippen LogP contribution in [0.2, 0.25) is 0 Å². The van der Waals surface area contributed by atoms with Gasteiger partial charge >= 0.3 is 0 Å². The molecule has 20 heavy (non-hydrogen) atoms. The van der Waals surface area contributed by atoms with Crippen molar-refractivity contribution in [2.45, 2.75) is 19.4 Å². The summed E-state index contributed by atoms with van der Waals surface area (Å²) in [4.78, 5) is 23.7. The van der Waals surface area contributed by atoms with Crippen molar-refractivity contribution in [3.63, 3.8) is 0 Å². The number of ether oxygens (including phenoxy) is 1. The summed E-state index contributed by atoms with van der Waals surface area (Å²) in [6.07, 6.45) is 0.625. The Morgan fingerprint density at radius 3 is 2.80 bits per heavy atom. The number of hydrogen-bond acceptors (Lipinski definition) is 3. The van der Waals surface area contributed by atoms with Gasteiger partial charge in [-0.15, -0.1) is 0 Å². The molecule has 0 spiro atoms. The van der Waals surface area contributed by atoms with Gasteiger partial charge in [-0.2, -0.15) is 0 Å². The highest BCUT2D eigenvalue weighted by Crippen LogP contribution is 2.21. The Balaban J connectivity index is 1.81. The van der Waals surface area contributed by atoms with Crippen molar-refractivity contribution < 1.29 is 14.3 Å². The minimum absolute atomic E-state index is 0.0383. The largest absolute Gasteiger partial charge is 0.378 e. The Labute approximate surface area is 126 Å². The van der Waals surface area contributed by atoms with Crippen LogP contribution in [0.5, 0.6) is 0 Å². The van der Waals surface area contributed by atoms with E-state index in [9.17, 15) is 9.59 Å². The average molecular weight is 341 g/mol. The molecule has 2 atom stereocenters. The predicted molar refractivity (Wildman–Crippen MR) is 79.3 cm³/mol. The molecule has 0 bridgehead atoms. The summed E-state index contributed by atoms with van der Waals surface area (Å²) in [5, 5.41) is 5.38. The number of anilines is 1. The molecule has 6 heteroatoms. The highest BCUT2D eigenvalue weighted by molar-refractivity contribution is 9.10. The monoisotopic (exact) mass is 340 g/mol. The fourth-order valence-electron chi connectivity index (χ4n) is 2.13. The van der Waals surface area contributed by atoms with Crippen LogP contribution in [-0.2, 0) is 14.3 Å². The molecule has 1 fully saturated rings. The van der Waals surface area contributed by atoms with Crippen LogP contribution in [0.25, 0.3) is 0 Å². The average Bonchev–Trinajstić information content (AvgIpc) is 2.85. The van der Waals surface area contributed by atoms with Crippen LogP contribution in [0.4, 0.5) is 5.69 Å². The number of carbonyl (C=O) groups is 2. The molecule has 1 aromatic rings. The number of nitrogens with one attached hydrogen (secondary N) is 2. The van der Waals surface area contributed by atoms with Crippen LogP contribution in [0, 0.1) is 5.92 Å². The van der Waals surface area contributed by atoms with E-state index in [1.54, 1.807) is 6.07 Å². The number of amides is 2. The van der Waals surface area contributed by atoms with Crippen LogP contribution >= 0.6 is 15.9 Å². The maximum absolute atomic E-state index is 11.9. The third-order valence-corrected chi connectivity index (χ3v) is 3.98. The molecule has 1 heterocycles. The molecule has 2 rings (SSSR count). The molecule has 108 valence electrons. The lowest BCUT2D eigenvalue weighted by molar-refractivity contribution is -0.128. The number of carbonyl (C=O) groups excluding carboxylic acids is 2. The van der Waals surface area contributed by atoms with E-state index in [1.165, 1.54) is 0 Å². The molecule has 1 aliphatic heterocycles. The normalized spacial score (nSPS) is 21.5. The van der Waals surface area contributed by atoms with Crippen LogP contribution in [0.3, 0.4) is 0 Å². The van der Waals surface area contributed by atoms with Crippen LogP contribution in [0.1, 0.15) is 13.3 Å². The van der Waals surface area contributed by atoms with Gasteiger partial charge in [0.2, 0.25) is 11.8 Å². The molecule has 0 saturated carbocycles. The molecule has 2 N–H and O–H groups in total. The molecule has 0 radical (unpaired) electrons. The highest BCUT2D eigenvalue weighted by atomic mass is 79.9. The summed E-state index contributed by atoms with van der Waals surface area (Å²) in [7, 11) is 0. The lowest BCUT2D eigenvalue weighted by atomic mass is 10.0. The summed E-state index contributed by atoms with van der Waals surface area (Å²) in [5.41, 5.74) is 0.685. The number of halogens is 1. The standard InChI is InChI=1S/C14H17BrN2O3/c1-9-10(6-7-20-9)14(19)16-8-13(18)17-12-5-3-2-4-11(12)15/h2-5,9-10H,6-8H2,1H3,(H,16,19)(H,17,18). The van der Waals surface area contributed by atoms with E-state index in [4.69, 9.17) is 4.74 Å². The van der Waals surface area contributed by atoms with Crippen molar-refractivity contribution in [1.82, 2.24) is 5.32 Å². The SMILES string of the molecule is CC1OCCC1C(=O)NCC(=O)Nc1ccccc1Br. The van der Waals surface area contributed by atoms with E-state index in [2.05, 4.69) is 26.6 Å². The van der Waals surface area contributed by atoms with Gasteiger partial charge in [0.1, 0.15) is 0 Å². The van der Waals surface area contributed by atoms with Gasteiger partial charge in [0, 0.05) is 11.1 Å². The van der Waals surface area contributed by atoms with Gasteiger partial charge in [-0.1, -0.05) is 12.1 Å². The predicted octanol–water partition coefficient (Wildman–Crippen LogP) is 1.93. The Morgan fingerprint density at radius 1 is 1.40 bits per heavy atom. The van der Waals surface area contributed by atoms with Crippen LogP contribution in [0.15, 0.2) is 28.7 Å². The Morgan fingerprint density at radius 2 is 2.15 bits per heavy atom. The zero-order chi connectivity index (χ0) is 14.5. The summed E-state index contributed by atoms with van der Waals surface area (Å²) in [6, 6.07) is 7.32. The quantitative estimate of drug-likeness (QED) is 0.879. The molecule has 1 aromatic carbocycles. The second-order valence-corrected chi connectivity index (χ2v) is 5.57. The van der Waals surface area contributed by atoms with Gasteiger partial charge in [-0.05, 0) is 41.4 Å². The lowest BCUT2D eigenvalue weighted by Gasteiger charge is -2.14. The van der Waals surface area contributed by atoms with E-state index < -0.39 is 0 Å². The Bertz CT molecular complexity index is 507. The number of rotatable bonds is 4. The smallest absolute Gasteiger partial charge is 0.243 e. The molecule has 0 aromatic heterocycles. The summed E-state index contributed by atoms with van der Waals surface area (Å²) in [5.74, 6) is -0.541. The topological polar surface area (TPSA) is 67.4 Å². The van der Waals surface area contributed by atoms with Crippen molar-refractivity contribution >= 4 is 33.4 Å². The molecular formula is C14H17BrN2O3. The van der Waals surface area contributed by atoms with E-state index in [0.717, 1.165) is 4.47 Å². The zero-order valence-electron chi connectivity index (χ0n) is 11.2. The van der Waals surface area contributed by atoms with E-state index >= 15 is 0 Å². The third-order valence-electron chi connectivity index (χ3n) is 3.28. The maximum Gasteiger partial charge on any atom is 0.243 e. The van der Waals surface area contributed by atoms with Crippen LogP contribution in [-0.4, -0.2) is 31.1 Å². The fourth-order valence-corrected chi connectivity index (χ4v) is 2.52. The van der Waals surface area contributed by atoms with Crippen molar-refractivity contribution in [3.8, 4) is 0 Å². The van der Waals surface area contributed by atoms with Gasteiger partial charge in [0.15, 0.2) is 0 Å². The molecular weight excluding hydrogens is 324 g/mol. The first-order chi connectivity index (χ1) is 9.58. The second kappa shape index (κ2) is 6.85. The minimum Gasteiger partial charge on any atom is -0.378 e. The van der Waals surface area contributed by atoms with E-state index in [0.29, 0.717) is 18.7 Å². The number of hydrogen-bond donors (Lipinski definition) is 2. The Kier molecular flexibility index (Phi) is 5.14. The maximum atomic E-state index is 11.9. The summed E-state index contributed by atoms with van der Waals surface area (Å²) < 4.78 is 6.14. The fraction of sp³-hybridized carbons (Fsp3) is 0.429. The zero-order valence-corrected chi connectivity index (χ0v) is 12.8. The van der Waals surface area contributed by atoms with Crippen molar-refractivity contribution in [1.29, 1.82) is 0 Å². The highest BCUT2D eigenvalue weighted by Gasteiger charge is 2.30. The molecule has 2 unspecified atom stereocenters. The van der Waals surface area contributed by atoms with Crippen molar-refractivity contribution in [2.24, 2.45) is 5.92 Å². The Hall–Kier alpha value is -1.40. The molecule has 2 amide bonds. The van der Waals surface area contributed by atoms with Gasteiger partial charge < -0.3 is 15.4 Å². The van der Waals surface area contributed by atoms with Gasteiger partial charge in [-0.3, -0.25) is 9.59 Å². The second-order valence-electron chi connectivity index (χ2n) is 4.72. The van der Waals surface area contributed by atoms with Gasteiger partial charge in [-0.25, -0.2) is 0 Å². The molecule has 0 aliphatic carbocycles. The molecule has 1 aliphatic rings. The first-order valence-corrected chi connectivity index (χ1v) is 7.31. The number of benzene rings is 1. The van der Waals surface area contributed by atoms with Crippen molar-refractivity contribution in [2.75, 3.05) is 18.5 Å². The molecule has 5 nitrogen and oxygen atoms in total. The van der Waals surface area contributed by atoms with Crippen molar-refractivity contribution in [3.05, 3.63) is 28.7 Å². The third kappa shape index (κ3) is 3.80. The lowest BCUT2D eigenvalue weighted by Crippen LogP contribution is -2.38. The first-order valence-electron chi connectivity index (χ1n) is 6.51. The van der Waals surface area contributed by atoms with E-state index in [-0.39, 0.29) is 30.4 Å². The number of para-hydroxylation sites is 1.